The molecule has 0 saturated heterocycles. The quantitative estimate of drug-likeness (QED) is 0.797. The van der Waals surface area contributed by atoms with Gasteiger partial charge in [0.15, 0.2) is 5.78 Å². The Bertz CT molecular complexity index is 402. The third-order valence-corrected chi connectivity index (χ3v) is 2.68. The van der Waals surface area contributed by atoms with Crippen LogP contribution in [0.2, 0.25) is 5.02 Å². The van der Waals surface area contributed by atoms with Crippen molar-refractivity contribution in [3.05, 3.63) is 28.3 Å². The van der Waals surface area contributed by atoms with Crippen molar-refractivity contribution < 1.29 is 9.90 Å². The molecule has 0 unspecified atom stereocenters. The van der Waals surface area contributed by atoms with Gasteiger partial charge in [0.05, 0.1) is 17.1 Å². The smallest absolute Gasteiger partial charge is 0.180 e. The van der Waals surface area contributed by atoms with Crippen molar-refractivity contribution in [3.8, 4) is 5.75 Å². The minimum Gasteiger partial charge on any atom is -0.506 e. The summed E-state index contributed by atoms with van der Waals surface area (Å²) >= 11 is 5.88. The number of carbonyl (C=O) groups is 1. The third kappa shape index (κ3) is 2.74. The van der Waals surface area contributed by atoms with Gasteiger partial charge in [-0.25, -0.2) is 0 Å². The number of rotatable bonds is 4. The number of aromatic hydroxyl groups is 1. The van der Waals surface area contributed by atoms with Crippen LogP contribution in [0.5, 0.6) is 5.75 Å². The Hall–Kier alpha value is -1.06. The molecule has 16 heavy (non-hydrogen) atoms. The summed E-state index contributed by atoms with van der Waals surface area (Å²) < 4.78 is 0. The zero-order chi connectivity index (χ0) is 12.3. The molecule has 1 rings (SSSR count). The predicted molar refractivity (Wildman–Crippen MR) is 65.5 cm³/mol. The van der Waals surface area contributed by atoms with E-state index in [-0.39, 0.29) is 34.6 Å². The second-order valence-corrected chi connectivity index (χ2v) is 4.41. The van der Waals surface area contributed by atoms with Gasteiger partial charge in [-0.15, -0.1) is 0 Å². The molecule has 0 radical (unpaired) electrons. The molecule has 0 amide bonds. The van der Waals surface area contributed by atoms with Crippen molar-refractivity contribution in [2.45, 2.75) is 19.8 Å². The molecule has 0 aromatic heterocycles. The molecule has 4 heteroatoms. The lowest BCUT2D eigenvalue weighted by atomic mass is 9.98. The molecule has 0 aliphatic rings. The van der Waals surface area contributed by atoms with Gasteiger partial charge in [0.1, 0.15) is 5.75 Å². The Morgan fingerprint density at radius 2 is 2.12 bits per heavy atom. The van der Waals surface area contributed by atoms with Crippen LogP contribution in [-0.4, -0.2) is 24.5 Å². The van der Waals surface area contributed by atoms with Crippen molar-refractivity contribution in [2.24, 2.45) is 0 Å². The number of ketones is 1. The highest BCUT2D eigenvalue weighted by Gasteiger charge is 2.15. The Morgan fingerprint density at radius 1 is 1.50 bits per heavy atom. The molecule has 0 heterocycles. The summed E-state index contributed by atoms with van der Waals surface area (Å²) in [5.74, 6) is -0.0325. The van der Waals surface area contributed by atoms with Crippen LogP contribution in [0.3, 0.4) is 0 Å². The molecular weight excluding hydrogens is 226 g/mol. The molecule has 0 aliphatic heterocycles. The van der Waals surface area contributed by atoms with Crippen molar-refractivity contribution in [3.63, 3.8) is 0 Å². The van der Waals surface area contributed by atoms with E-state index in [1.54, 1.807) is 19.2 Å². The monoisotopic (exact) mass is 241 g/mol. The molecule has 0 aliphatic carbocycles. The number of carbonyl (C=O) groups excluding carboxylic acids is 1. The summed E-state index contributed by atoms with van der Waals surface area (Å²) in [7, 11) is 1.68. The highest BCUT2D eigenvalue weighted by molar-refractivity contribution is 6.32. The van der Waals surface area contributed by atoms with E-state index in [4.69, 9.17) is 11.6 Å². The Balaban J connectivity index is 3.21. The maximum absolute atomic E-state index is 11.7. The number of hydrogen-bond acceptors (Lipinski definition) is 3. The van der Waals surface area contributed by atoms with E-state index in [9.17, 15) is 9.90 Å². The van der Waals surface area contributed by atoms with Crippen LogP contribution in [0.4, 0.5) is 0 Å². The van der Waals surface area contributed by atoms with E-state index in [1.165, 1.54) is 0 Å². The lowest BCUT2D eigenvalue weighted by molar-refractivity contribution is 0.0991. The Labute approximate surface area is 100 Å². The average molecular weight is 242 g/mol. The fourth-order valence-electron chi connectivity index (χ4n) is 1.42. The van der Waals surface area contributed by atoms with E-state index in [1.807, 2.05) is 13.8 Å². The summed E-state index contributed by atoms with van der Waals surface area (Å²) in [6.45, 7) is 4.20. The summed E-state index contributed by atoms with van der Waals surface area (Å²) in [5, 5.41) is 12.7. The van der Waals surface area contributed by atoms with E-state index in [0.29, 0.717) is 0 Å². The predicted octanol–water partition coefficient (Wildman–Crippen LogP) is 2.57. The number of phenolic OH excluding ortho intramolecular Hbond substituents is 1. The molecule has 0 bridgehead atoms. The van der Waals surface area contributed by atoms with Crippen molar-refractivity contribution >= 4 is 17.4 Å². The van der Waals surface area contributed by atoms with E-state index in [0.717, 1.165) is 5.56 Å². The van der Waals surface area contributed by atoms with Crippen LogP contribution in [0, 0.1) is 0 Å². The van der Waals surface area contributed by atoms with E-state index < -0.39 is 0 Å². The number of halogens is 1. The number of nitrogens with one attached hydrogen (secondary N) is 1. The van der Waals surface area contributed by atoms with Gasteiger partial charge < -0.3 is 10.4 Å². The fraction of sp³-hybridized carbons (Fsp3) is 0.417. The van der Waals surface area contributed by atoms with Gasteiger partial charge in [-0.05, 0) is 30.7 Å². The molecule has 0 atom stereocenters. The molecular formula is C12H16ClNO2. The number of Topliss-reactive ketones (excluding diaryl/α,β-unsaturated/α-hetero) is 1. The normalized spacial score (nSPS) is 10.8. The first kappa shape index (κ1) is 13.0. The standard InChI is InChI=1S/C12H16ClNO2/c1-7(2)8-4-9(11(15)6-14-3)12(16)10(13)5-8/h4-5,7,14,16H,6H2,1-3H3. The molecule has 88 valence electrons. The number of likely N-dealkylation sites (N-methyl/N-ethyl adjacent to an activating group) is 1. The van der Waals surface area contributed by atoms with E-state index in [2.05, 4.69) is 5.32 Å². The Morgan fingerprint density at radius 3 is 2.62 bits per heavy atom. The minimum atomic E-state index is -0.163. The maximum Gasteiger partial charge on any atom is 0.180 e. The highest BCUT2D eigenvalue weighted by atomic mass is 35.5. The largest absolute Gasteiger partial charge is 0.506 e. The van der Waals surface area contributed by atoms with Gasteiger partial charge in [-0.2, -0.15) is 0 Å². The second kappa shape index (κ2) is 5.32. The minimum absolute atomic E-state index is 0.133. The number of hydrogen-bond donors (Lipinski definition) is 2. The van der Waals surface area contributed by atoms with Crippen molar-refractivity contribution in [1.82, 2.24) is 5.32 Å². The van der Waals surface area contributed by atoms with Crippen molar-refractivity contribution in [1.29, 1.82) is 0 Å². The zero-order valence-electron chi connectivity index (χ0n) is 9.67. The van der Waals surface area contributed by atoms with Crippen LogP contribution >= 0.6 is 11.6 Å². The van der Waals surface area contributed by atoms with Crippen LogP contribution in [0.15, 0.2) is 12.1 Å². The summed E-state index contributed by atoms with van der Waals surface area (Å²) in [4.78, 5) is 11.7. The van der Waals surface area contributed by atoms with Gasteiger partial charge in [-0.3, -0.25) is 4.79 Å². The van der Waals surface area contributed by atoms with Gasteiger partial charge in [-0.1, -0.05) is 25.4 Å². The third-order valence-electron chi connectivity index (χ3n) is 2.39. The highest BCUT2D eigenvalue weighted by Crippen LogP contribution is 2.31. The first-order chi connectivity index (χ1) is 7.47. The number of benzene rings is 1. The summed E-state index contributed by atoms with van der Waals surface area (Å²) in [6.07, 6.45) is 0. The average Bonchev–Trinajstić information content (AvgIpc) is 2.21. The molecule has 1 aromatic rings. The topological polar surface area (TPSA) is 49.3 Å². The van der Waals surface area contributed by atoms with Crippen LogP contribution < -0.4 is 5.32 Å². The summed E-state index contributed by atoms with van der Waals surface area (Å²) in [6, 6.07) is 3.39. The van der Waals surface area contributed by atoms with Crippen LogP contribution in [0.25, 0.3) is 0 Å². The molecule has 0 saturated carbocycles. The fourth-order valence-corrected chi connectivity index (χ4v) is 1.65. The SMILES string of the molecule is CNCC(=O)c1cc(C(C)C)cc(Cl)c1O. The van der Waals surface area contributed by atoms with Crippen molar-refractivity contribution in [2.75, 3.05) is 13.6 Å². The molecule has 0 fully saturated rings. The lowest BCUT2D eigenvalue weighted by Crippen LogP contribution is -2.19. The maximum atomic E-state index is 11.7. The first-order valence-electron chi connectivity index (χ1n) is 5.17. The molecule has 1 aromatic carbocycles. The molecule has 2 N–H and O–H groups in total. The lowest BCUT2D eigenvalue weighted by Gasteiger charge is -2.11. The van der Waals surface area contributed by atoms with Crippen LogP contribution in [-0.2, 0) is 0 Å². The second-order valence-electron chi connectivity index (χ2n) is 4.01. The molecule has 0 spiro atoms. The zero-order valence-corrected chi connectivity index (χ0v) is 10.4. The van der Waals surface area contributed by atoms with E-state index >= 15 is 0 Å². The van der Waals surface area contributed by atoms with Crippen LogP contribution in [0.1, 0.15) is 35.7 Å². The van der Waals surface area contributed by atoms with Gasteiger partial charge >= 0.3 is 0 Å². The summed E-state index contributed by atoms with van der Waals surface area (Å²) in [5.41, 5.74) is 1.23. The first-order valence-corrected chi connectivity index (χ1v) is 5.55. The Kier molecular flexibility index (Phi) is 4.33. The van der Waals surface area contributed by atoms with Gasteiger partial charge in [0.25, 0.3) is 0 Å². The number of phenols is 1. The van der Waals surface area contributed by atoms with Gasteiger partial charge in [0.2, 0.25) is 0 Å². The molecule has 3 nitrogen and oxygen atoms in total. The van der Waals surface area contributed by atoms with Gasteiger partial charge in [0, 0.05) is 0 Å².